The zero-order chi connectivity index (χ0) is 9.30. The summed E-state index contributed by atoms with van der Waals surface area (Å²) in [6.07, 6.45) is 1.08. The molecule has 0 aromatic heterocycles. The molecule has 0 aliphatic heterocycles. The van der Waals surface area contributed by atoms with Crippen LogP contribution in [0.2, 0.25) is 0 Å². The first-order chi connectivity index (χ1) is 5.54. The molecule has 1 aliphatic rings. The molecule has 0 saturated heterocycles. The molecule has 2 heteroatoms. The van der Waals surface area contributed by atoms with Crippen LogP contribution in [0.25, 0.3) is 0 Å². The maximum absolute atomic E-state index is 9.73. The fourth-order valence-corrected chi connectivity index (χ4v) is 2.11. The first-order valence-corrected chi connectivity index (χ1v) is 4.90. The molecule has 0 aromatic rings. The van der Waals surface area contributed by atoms with Gasteiger partial charge in [-0.3, -0.25) is 0 Å². The summed E-state index contributed by atoms with van der Waals surface area (Å²) in [5.74, 6) is 1.02. The number of aliphatic hydroxyl groups excluding tert-OH is 2. The van der Waals surface area contributed by atoms with Crippen molar-refractivity contribution >= 4 is 0 Å². The van der Waals surface area contributed by atoms with Crippen LogP contribution in [0.5, 0.6) is 0 Å². The van der Waals surface area contributed by atoms with Gasteiger partial charge < -0.3 is 10.2 Å². The Morgan fingerprint density at radius 1 is 1.08 bits per heavy atom. The predicted octanol–water partition coefficient (Wildman–Crippen LogP) is 1.41. The standard InChI is InChI=1S/C10H20O2/c1-6(2)8-5-4-7(3)9(11)10(8)12/h6-12H,4-5H2,1-3H3/t7-,8-,9-,10-/m1/s1. The van der Waals surface area contributed by atoms with Crippen molar-refractivity contribution < 1.29 is 10.2 Å². The Hall–Kier alpha value is -0.0800. The van der Waals surface area contributed by atoms with Crippen LogP contribution >= 0.6 is 0 Å². The van der Waals surface area contributed by atoms with Crippen LogP contribution in [-0.2, 0) is 0 Å². The summed E-state index contributed by atoms with van der Waals surface area (Å²) in [5, 5.41) is 19.3. The van der Waals surface area contributed by atoms with E-state index in [1.165, 1.54) is 0 Å². The van der Waals surface area contributed by atoms with Gasteiger partial charge in [-0.2, -0.15) is 0 Å². The highest BCUT2D eigenvalue weighted by Gasteiger charge is 2.36. The summed E-state index contributed by atoms with van der Waals surface area (Å²) in [7, 11) is 0. The lowest BCUT2D eigenvalue weighted by atomic mass is 9.74. The van der Waals surface area contributed by atoms with Gasteiger partial charge in [-0.1, -0.05) is 20.8 Å². The lowest BCUT2D eigenvalue weighted by Crippen LogP contribution is -2.44. The number of hydrogen-bond donors (Lipinski definition) is 2. The lowest BCUT2D eigenvalue weighted by Gasteiger charge is -2.38. The van der Waals surface area contributed by atoms with Gasteiger partial charge >= 0.3 is 0 Å². The van der Waals surface area contributed by atoms with Crippen LogP contribution in [0.15, 0.2) is 0 Å². The van der Waals surface area contributed by atoms with Gasteiger partial charge in [0.2, 0.25) is 0 Å². The monoisotopic (exact) mass is 172 g/mol. The average Bonchev–Trinajstić information content (AvgIpc) is 2.00. The summed E-state index contributed by atoms with van der Waals surface area (Å²) in [5.41, 5.74) is 0. The van der Waals surface area contributed by atoms with Crippen LogP contribution in [0.3, 0.4) is 0 Å². The molecule has 0 heterocycles. The maximum atomic E-state index is 9.73. The highest BCUT2D eigenvalue weighted by atomic mass is 16.3. The van der Waals surface area contributed by atoms with Gasteiger partial charge in [0.05, 0.1) is 12.2 Å². The van der Waals surface area contributed by atoms with Crippen LogP contribution in [0.4, 0.5) is 0 Å². The number of hydrogen-bond acceptors (Lipinski definition) is 2. The minimum absolute atomic E-state index is 0.259. The Bertz CT molecular complexity index is 145. The molecule has 1 rings (SSSR count). The van der Waals surface area contributed by atoms with Crippen molar-refractivity contribution in [1.29, 1.82) is 0 Å². The van der Waals surface area contributed by atoms with Gasteiger partial charge in [-0.05, 0) is 30.6 Å². The van der Waals surface area contributed by atoms with E-state index >= 15 is 0 Å². The van der Waals surface area contributed by atoms with E-state index in [1.54, 1.807) is 0 Å². The van der Waals surface area contributed by atoms with Gasteiger partial charge in [-0.15, -0.1) is 0 Å². The van der Waals surface area contributed by atoms with E-state index in [1.807, 2.05) is 6.92 Å². The Balaban J connectivity index is 2.58. The van der Waals surface area contributed by atoms with Crippen molar-refractivity contribution in [3.05, 3.63) is 0 Å². The van der Waals surface area contributed by atoms with Gasteiger partial charge in [0.15, 0.2) is 0 Å². The summed E-state index contributed by atoms with van der Waals surface area (Å²) >= 11 is 0. The smallest absolute Gasteiger partial charge is 0.0832 e. The Morgan fingerprint density at radius 3 is 2.17 bits per heavy atom. The summed E-state index contributed by atoms with van der Waals surface area (Å²) in [4.78, 5) is 0. The van der Waals surface area contributed by atoms with Crippen LogP contribution in [0.1, 0.15) is 33.6 Å². The molecule has 1 saturated carbocycles. The molecule has 0 unspecified atom stereocenters. The first-order valence-electron chi connectivity index (χ1n) is 4.90. The van der Waals surface area contributed by atoms with E-state index in [4.69, 9.17) is 0 Å². The molecule has 4 atom stereocenters. The SMILES string of the molecule is CC(C)[C@H]1CC[C@@H](C)[C@@H](O)[C@@H]1O. The Kier molecular flexibility index (Phi) is 3.13. The van der Waals surface area contributed by atoms with E-state index in [9.17, 15) is 10.2 Å². The molecule has 0 amide bonds. The van der Waals surface area contributed by atoms with Crippen molar-refractivity contribution in [2.45, 2.75) is 45.8 Å². The average molecular weight is 172 g/mol. The summed E-state index contributed by atoms with van der Waals surface area (Å²) in [6.45, 7) is 6.22. The fourth-order valence-electron chi connectivity index (χ4n) is 2.11. The van der Waals surface area contributed by atoms with Gasteiger partial charge in [0.1, 0.15) is 0 Å². The Labute approximate surface area is 74.6 Å². The molecule has 0 radical (unpaired) electrons. The summed E-state index contributed by atoms with van der Waals surface area (Å²) < 4.78 is 0. The maximum Gasteiger partial charge on any atom is 0.0832 e. The lowest BCUT2D eigenvalue weighted by molar-refractivity contribution is -0.0832. The topological polar surface area (TPSA) is 40.5 Å². The fraction of sp³-hybridized carbons (Fsp3) is 1.00. The summed E-state index contributed by atoms with van der Waals surface area (Å²) in [6, 6.07) is 0. The van der Waals surface area contributed by atoms with E-state index in [-0.39, 0.29) is 11.8 Å². The third-order valence-electron chi connectivity index (χ3n) is 3.18. The Morgan fingerprint density at radius 2 is 1.67 bits per heavy atom. The predicted molar refractivity (Wildman–Crippen MR) is 48.7 cm³/mol. The highest BCUT2D eigenvalue weighted by molar-refractivity contribution is 4.86. The van der Waals surface area contributed by atoms with Crippen molar-refractivity contribution in [3.8, 4) is 0 Å². The second-order valence-electron chi connectivity index (χ2n) is 4.44. The van der Waals surface area contributed by atoms with Gasteiger partial charge in [0.25, 0.3) is 0 Å². The normalized spacial score (nSPS) is 43.5. The van der Waals surface area contributed by atoms with Gasteiger partial charge in [-0.25, -0.2) is 0 Å². The van der Waals surface area contributed by atoms with Crippen molar-refractivity contribution in [3.63, 3.8) is 0 Å². The first kappa shape index (κ1) is 10.0. The third-order valence-corrected chi connectivity index (χ3v) is 3.18. The van der Waals surface area contributed by atoms with Gasteiger partial charge in [0, 0.05) is 0 Å². The molecule has 72 valence electrons. The molecule has 2 N–H and O–H groups in total. The molecular formula is C10H20O2. The zero-order valence-electron chi connectivity index (χ0n) is 8.20. The second kappa shape index (κ2) is 3.75. The van der Waals surface area contributed by atoms with E-state index in [0.717, 1.165) is 12.8 Å². The number of rotatable bonds is 1. The highest BCUT2D eigenvalue weighted by Crippen LogP contribution is 2.33. The van der Waals surface area contributed by atoms with Crippen molar-refractivity contribution in [2.75, 3.05) is 0 Å². The number of aliphatic hydroxyl groups is 2. The van der Waals surface area contributed by atoms with E-state index in [0.29, 0.717) is 5.92 Å². The molecule has 1 aliphatic carbocycles. The van der Waals surface area contributed by atoms with E-state index < -0.39 is 12.2 Å². The molecule has 1 fully saturated rings. The molecule has 0 aromatic carbocycles. The molecule has 12 heavy (non-hydrogen) atoms. The van der Waals surface area contributed by atoms with Crippen LogP contribution in [0, 0.1) is 17.8 Å². The molecular weight excluding hydrogens is 152 g/mol. The van der Waals surface area contributed by atoms with Crippen molar-refractivity contribution in [2.24, 2.45) is 17.8 Å². The zero-order valence-corrected chi connectivity index (χ0v) is 8.20. The van der Waals surface area contributed by atoms with Crippen LogP contribution in [-0.4, -0.2) is 22.4 Å². The molecule has 2 nitrogen and oxygen atoms in total. The van der Waals surface area contributed by atoms with Crippen molar-refractivity contribution in [1.82, 2.24) is 0 Å². The second-order valence-corrected chi connectivity index (χ2v) is 4.44. The largest absolute Gasteiger partial charge is 0.390 e. The minimum atomic E-state index is -0.508. The molecule has 0 bridgehead atoms. The van der Waals surface area contributed by atoms with Crippen LogP contribution < -0.4 is 0 Å². The minimum Gasteiger partial charge on any atom is -0.390 e. The molecule has 0 spiro atoms. The van der Waals surface area contributed by atoms with E-state index in [2.05, 4.69) is 13.8 Å². The quantitative estimate of drug-likeness (QED) is 0.628. The third kappa shape index (κ3) is 1.80.